The molecule has 1 aliphatic rings. The zero-order valence-corrected chi connectivity index (χ0v) is 21.2. The van der Waals surface area contributed by atoms with Crippen molar-refractivity contribution < 1.29 is 32.7 Å². The van der Waals surface area contributed by atoms with Crippen LogP contribution in [0.3, 0.4) is 0 Å². The van der Waals surface area contributed by atoms with E-state index in [4.69, 9.17) is 13.9 Å². The van der Waals surface area contributed by atoms with Crippen molar-refractivity contribution in [3.05, 3.63) is 59.3 Å². The number of esters is 1. The van der Waals surface area contributed by atoms with Gasteiger partial charge in [0.15, 0.2) is 5.76 Å². The topological polar surface area (TPSA) is 101 Å². The highest BCUT2D eigenvalue weighted by Crippen LogP contribution is 2.26. The Morgan fingerprint density at radius 3 is 2.39 bits per heavy atom. The summed E-state index contributed by atoms with van der Waals surface area (Å²) in [5, 5.41) is 2.86. The van der Waals surface area contributed by atoms with Gasteiger partial charge in [0, 0.05) is 18.6 Å². The lowest BCUT2D eigenvalue weighted by Crippen LogP contribution is -2.50. The molecule has 2 aromatic rings. The molecular formula is C26H34FN3O6. The first-order valence-corrected chi connectivity index (χ1v) is 12.0. The third-order valence-corrected chi connectivity index (χ3v) is 5.47. The number of hydrogen-bond donors (Lipinski definition) is 1. The van der Waals surface area contributed by atoms with Gasteiger partial charge in [-0.05, 0) is 57.5 Å². The molecular weight excluding hydrogens is 469 g/mol. The van der Waals surface area contributed by atoms with Crippen LogP contribution in [-0.2, 0) is 25.6 Å². The molecule has 0 aliphatic carbocycles. The highest BCUT2D eigenvalue weighted by Gasteiger charge is 2.36. The van der Waals surface area contributed by atoms with Crippen molar-refractivity contribution in [2.75, 3.05) is 39.5 Å². The molecule has 0 saturated carbocycles. The van der Waals surface area contributed by atoms with Gasteiger partial charge in [0.2, 0.25) is 5.91 Å². The third-order valence-electron chi connectivity index (χ3n) is 5.47. The molecule has 2 heterocycles. The Bertz CT molecular complexity index is 1040. The zero-order valence-electron chi connectivity index (χ0n) is 21.2. The van der Waals surface area contributed by atoms with E-state index in [9.17, 15) is 18.8 Å². The molecule has 36 heavy (non-hydrogen) atoms. The Kier molecular flexibility index (Phi) is 9.22. The minimum atomic E-state index is -1.23. The smallest absolute Gasteiger partial charge is 0.325 e. The van der Waals surface area contributed by atoms with Crippen molar-refractivity contribution in [3.63, 3.8) is 0 Å². The first kappa shape index (κ1) is 27.3. The highest BCUT2D eigenvalue weighted by molar-refractivity contribution is 5.98. The second-order valence-corrected chi connectivity index (χ2v) is 9.59. The number of carbonyl (C=O) groups excluding carboxylic acids is 3. The lowest BCUT2D eigenvalue weighted by Gasteiger charge is -2.32. The van der Waals surface area contributed by atoms with Crippen LogP contribution < -0.4 is 5.32 Å². The summed E-state index contributed by atoms with van der Waals surface area (Å²) in [6.07, 6.45) is 0. The number of hydrogen-bond acceptors (Lipinski definition) is 7. The van der Waals surface area contributed by atoms with Gasteiger partial charge in [-0.15, -0.1) is 0 Å². The molecule has 1 fully saturated rings. The lowest BCUT2D eigenvalue weighted by molar-refractivity contribution is -0.145. The zero-order chi connectivity index (χ0) is 26.3. The summed E-state index contributed by atoms with van der Waals surface area (Å²) in [7, 11) is 0. The number of benzene rings is 1. The number of morpholine rings is 1. The molecule has 0 bridgehead atoms. The van der Waals surface area contributed by atoms with Crippen molar-refractivity contribution in [2.45, 2.75) is 45.8 Å². The largest absolute Gasteiger partial charge is 0.465 e. The van der Waals surface area contributed by atoms with E-state index in [1.165, 1.54) is 30.3 Å². The first-order chi connectivity index (χ1) is 17.1. The Morgan fingerprint density at radius 1 is 1.11 bits per heavy atom. The summed E-state index contributed by atoms with van der Waals surface area (Å²) in [6.45, 7) is 9.92. The lowest BCUT2D eigenvalue weighted by atomic mass is 10.0. The van der Waals surface area contributed by atoms with Gasteiger partial charge in [0.1, 0.15) is 24.2 Å². The second-order valence-electron chi connectivity index (χ2n) is 9.59. The standard InChI is InChI=1S/C26H34FN3O6/c1-5-35-22(31)17-30(23(24(32)28-26(2,3)4)18-6-8-19(27)9-7-18)25(33)21-11-10-20(36-21)16-29-12-14-34-15-13-29/h6-11,23H,5,12-17H2,1-4H3,(H,28,32). The molecule has 196 valence electrons. The molecule has 10 heteroatoms. The van der Waals surface area contributed by atoms with Gasteiger partial charge in [-0.1, -0.05) is 12.1 Å². The molecule has 1 saturated heterocycles. The van der Waals surface area contributed by atoms with Gasteiger partial charge in [0.05, 0.1) is 26.4 Å². The van der Waals surface area contributed by atoms with Crippen molar-refractivity contribution in [2.24, 2.45) is 0 Å². The van der Waals surface area contributed by atoms with Crippen LogP contribution in [-0.4, -0.2) is 72.6 Å². The average molecular weight is 504 g/mol. The molecule has 2 amide bonds. The van der Waals surface area contributed by atoms with Crippen molar-refractivity contribution in [3.8, 4) is 0 Å². The maximum absolute atomic E-state index is 13.7. The molecule has 1 N–H and O–H groups in total. The molecule has 9 nitrogen and oxygen atoms in total. The van der Waals surface area contributed by atoms with Gasteiger partial charge in [-0.2, -0.15) is 0 Å². The van der Waals surface area contributed by atoms with Gasteiger partial charge < -0.3 is 24.1 Å². The summed E-state index contributed by atoms with van der Waals surface area (Å²) in [5.41, 5.74) is -0.278. The van der Waals surface area contributed by atoms with Crippen LogP contribution in [0.2, 0.25) is 0 Å². The summed E-state index contributed by atoms with van der Waals surface area (Å²) >= 11 is 0. The number of carbonyl (C=O) groups is 3. The van der Waals surface area contributed by atoms with E-state index >= 15 is 0 Å². The second kappa shape index (κ2) is 12.1. The summed E-state index contributed by atoms with van der Waals surface area (Å²) in [4.78, 5) is 42.9. The van der Waals surface area contributed by atoms with Crippen molar-refractivity contribution in [1.82, 2.24) is 15.1 Å². The van der Waals surface area contributed by atoms with Crippen LogP contribution in [0.25, 0.3) is 0 Å². The summed E-state index contributed by atoms with van der Waals surface area (Å²) in [6, 6.07) is 7.24. The minimum absolute atomic E-state index is 0.0155. The number of halogens is 1. The molecule has 1 aromatic carbocycles. The van der Waals surface area contributed by atoms with Crippen LogP contribution in [0.1, 0.15) is 55.6 Å². The van der Waals surface area contributed by atoms with E-state index in [1.54, 1.807) is 33.8 Å². The molecule has 0 radical (unpaired) electrons. The summed E-state index contributed by atoms with van der Waals surface area (Å²) < 4.78 is 29.9. The highest BCUT2D eigenvalue weighted by atomic mass is 19.1. The SMILES string of the molecule is CCOC(=O)CN(C(=O)c1ccc(CN2CCOCC2)o1)C(C(=O)NC(C)(C)C)c1ccc(F)cc1. The van der Waals surface area contributed by atoms with E-state index in [-0.39, 0.29) is 12.4 Å². The number of furan rings is 1. The van der Waals surface area contributed by atoms with E-state index in [1.807, 2.05) is 0 Å². The predicted molar refractivity (Wildman–Crippen MR) is 130 cm³/mol. The van der Waals surface area contributed by atoms with Gasteiger partial charge in [0.25, 0.3) is 5.91 Å². The number of ether oxygens (including phenoxy) is 2. The normalized spacial score (nSPS) is 15.2. The fourth-order valence-corrected chi connectivity index (χ4v) is 3.88. The molecule has 3 rings (SSSR count). The van der Waals surface area contributed by atoms with Crippen LogP contribution in [0, 0.1) is 5.82 Å². The van der Waals surface area contributed by atoms with Crippen molar-refractivity contribution in [1.29, 1.82) is 0 Å². The molecule has 1 unspecified atom stereocenters. The maximum Gasteiger partial charge on any atom is 0.325 e. The fraction of sp³-hybridized carbons (Fsp3) is 0.500. The molecule has 1 atom stereocenters. The number of rotatable bonds is 9. The number of amides is 2. The molecule has 1 aliphatic heterocycles. The fourth-order valence-electron chi connectivity index (χ4n) is 3.88. The maximum atomic E-state index is 13.7. The van der Waals surface area contributed by atoms with Crippen LogP contribution in [0.15, 0.2) is 40.8 Å². The summed E-state index contributed by atoms with van der Waals surface area (Å²) in [5.74, 6) is -1.79. The number of nitrogens with zero attached hydrogens (tertiary/aromatic N) is 2. The van der Waals surface area contributed by atoms with E-state index in [0.717, 1.165) is 18.0 Å². The van der Waals surface area contributed by atoms with Gasteiger partial charge >= 0.3 is 5.97 Å². The Balaban J connectivity index is 1.95. The van der Waals surface area contributed by atoms with Crippen molar-refractivity contribution >= 4 is 17.8 Å². The third kappa shape index (κ3) is 7.63. The average Bonchev–Trinajstić information content (AvgIpc) is 3.27. The van der Waals surface area contributed by atoms with Gasteiger partial charge in [-0.25, -0.2) is 4.39 Å². The molecule has 1 aromatic heterocycles. The number of nitrogens with one attached hydrogen (secondary N) is 1. The first-order valence-electron chi connectivity index (χ1n) is 12.0. The molecule has 0 spiro atoms. The minimum Gasteiger partial charge on any atom is -0.465 e. The van der Waals surface area contributed by atoms with Crippen LogP contribution in [0.5, 0.6) is 0 Å². The predicted octanol–water partition coefficient (Wildman–Crippen LogP) is 2.91. The Morgan fingerprint density at radius 2 is 1.78 bits per heavy atom. The van der Waals surface area contributed by atoms with Gasteiger partial charge in [-0.3, -0.25) is 19.3 Å². The monoisotopic (exact) mass is 503 g/mol. The van der Waals surface area contributed by atoms with E-state index in [0.29, 0.717) is 31.1 Å². The van der Waals surface area contributed by atoms with Crippen LogP contribution in [0.4, 0.5) is 4.39 Å². The van der Waals surface area contributed by atoms with E-state index in [2.05, 4.69) is 10.2 Å². The van der Waals surface area contributed by atoms with Crippen LogP contribution >= 0.6 is 0 Å². The Labute approximate surface area is 210 Å². The van der Waals surface area contributed by atoms with E-state index < -0.39 is 41.7 Å². The Hall–Kier alpha value is -3.24. The quantitative estimate of drug-likeness (QED) is 0.525.